The third kappa shape index (κ3) is 4.92. The van der Waals surface area contributed by atoms with Gasteiger partial charge in [-0.25, -0.2) is 9.89 Å². The highest BCUT2D eigenvalue weighted by atomic mass is 35.5. The normalized spacial score (nSPS) is 11.7. The molecule has 138 valence electrons. The Morgan fingerprint density at radius 2 is 2.00 bits per heavy atom. The molecule has 3 aromatic rings. The van der Waals surface area contributed by atoms with E-state index < -0.39 is 17.7 Å². The molecule has 27 heavy (non-hydrogen) atoms. The van der Waals surface area contributed by atoms with Gasteiger partial charge >= 0.3 is 17.6 Å². The van der Waals surface area contributed by atoms with E-state index in [9.17, 15) is 14.4 Å². The van der Waals surface area contributed by atoms with Crippen LogP contribution in [0, 0.1) is 0 Å². The van der Waals surface area contributed by atoms with E-state index in [1.807, 2.05) is 53.6 Å². The van der Waals surface area contributed by atoms with Crippen LogP contribution in [0.25, 0.3) is 11.1 Å². The van der Waals surface area contributed by atoms with Crippen LogP contribution in [0.1, 0.15) is 22.7 Å². The fourth-order valence-corrected chi connectivity index (χ4v) is 2.86. The van der Waals surface area contributed by atoms with Crippen LogP contribution in [-0.2, 0) is 11.2 Å². The molecule has 7 nitrogen and oxygen atoms in total. The molecule has 0 bridgehead atoms. The van der Waals surface area contributed by atoms with E-state index >= 15 is 0 Å². The molecular formula is C19H16ClN3O4. The van der Waals surface area contributed by atoms with E-state index in [1.54, 1.807) is 0 Å². The van der Waals surface area contributed by atoms with Gasteiger partial charge in [0.05, 0.1) is 0 Å². The zero-order valence-corrected chi connectivity index (χ0v) is 14.9. The van der Waals surface area contributed by atoms with Gasteiger partial charge in [0.25, 0.3) is 0 Å². The van der Waals surface area contributed by atoms with Crippen molar-refractivity contribution in [3.05, 3.63) is 75.6 Å². The van der Waals surface area contributed by atoms with Crippen LogP contribution in [0.15, 0.2) is 57.7 Å². The number of hydrogen-bond donors (Lipinski definition) is 2. The molecule has 0 radical (unpaired) electrons. The van der Waals surface area contributed by atoms with Crippen LogP contribution in [0.3, 0.4) is 0 Å². The van der Waals surface area contributed by atoms with Crippen molar-refractivity contribution < 1.29 is 14.0 Å². The van der Waals surface area contributed by atoms with Gasteiger partial charge in [-0.2, -0.15) is 0 Å². The summed E-state index contributed by atoms with van der Waals surface area (Å²) in [5, 5.41) is 8.80. The van der Waals surface area contributed by atoms with Crippen molar-refractivity contribution in [1.82, 2.24) is 15.5 Å². The van der Waals surface area contributed by atoms with Gasteiger partial charge in [-0.3, -0.25) is 4.79 Å². The van der Waals surface area contributed by atoms with Crippen LogP contribution >= 0.6 is 11.6 Å². The van der Waals surface area contributed by atoms with Gasteiger partial charge in [0, 0.05) is 17.5 Å². The molecule has 0 aliphatic heterocycles. The molecule has 0 saturated carbocycles. The molecule has 2 N–H and O–H groups in total. The van der Waals surface area contributed by atoms with E-state index in [1.165, 1.54) is 0 Å². The first-order valence-corrected chi connectivity index (χ1v) is 8.58. The molecule has 0 fully saturated rings. The van der Waals surface area contributed by atoms with Gasteiger partial charge in [0.1, 0.15) is 6.29 Å². The first kappa shape index (κ1) is 18.6. The quantitative estimate of drug-likeness (QED) is 0.608. The van der Waals surface area contributed by atoms with Crippen molar-refractivity contribution in [3.63, 3.8) is 0 Å². The lowest BCUT2D eigenvalue weighted by Crippen LogP contribution is -2.37. The van der Waals surface area contributed by atoms with Gasteiger partial charge in [-0.05, 0) is 35.2 Å². The van der Waals surface area contributed by atoms with E-state index in [0.717, 1.165) is 23.0 Å². The van der Waals surface area contributed by atoms with Crippen LogP contribution in [-0.4, -0.2) is 28.4 Å². The number of nitrogens with one attached hydrogen (secondary N) is 2. The number of aromatic nitrogens is 2. The maximum absolute atomic E-state index is 12.0. The minimum Gasteiger partial charge on any atom is -0.383 e. The highest BCUT2D eigenvalue weighted by Crippen LogP contribution is 2.23. The summed E-state index contributed by atoms with van der Waals surface area (Å²) in [5.74, 6) is -1.84. The van der Waals surface area contributed by atoms with Crippen LogP contribution in [0.4, 0.5) is 0 Å². The van der Waals surface area contributed by atoms with Gasteiger partial charge in [-0.15, -0.1) is 5.10 Å². The van der Waals surface area contributed by atoms with Crippen LogP contribution < -0.4 is 11.1 Å². The van der Waals surface area contributed by atoms with Gasteiger partial charge in [0.2, 0.25) is 0 Å². The third-order valence-corrected chi connectivity index (χ3v) is 4.18. The van der Waals surface area contributed by atoms with Crippen molar-refractivity contribution in [3.8, 4) is 11.1 Å². The molecule has 1 amide bonds. The number of amides is 1. The van der Waals surface area contributed by atoms with Crippen molar-refractivity contribution >= 4 is 23.8 Å². The number of halogens is 1. The Morgan fingerprint density at radius 1 is 1.22 bits per heavy atom. The Morgan fingerprint density at radius 3 is 2.63 bits per heavy atom. The lowest BCUT2D eigenvalue weighted by atomic mass is 9.99. The average Bonchev–Trinajstić information content (AvgIpc) is 3.09. The first-order valence-electron chi connectivity index (χ1n) is 8.20. The molecule has 1 unspecified atom stereocenters. The number of nitrogens with zero attached hydrogens (tertiary/aromatic N) is 1. The standard InChI is InChI=1S/C19H16ClN3O4/c20-15-3-1-2-14(11-15)13-6-4-12(5-7-13)10-16(8-9-24)21-17(25)18-22-23-19(26)27-18/h1-7,9,11,16H,8,10H2,(H,21,25)(H,23,26). The SMILES string of the molecule is O=CCC(Cc1ccc(-c2cccc(Cl)c2)cc1)NC(=O)c1n[nH]c(=O)o1. The van der Waals surface area contributed by atoms with Gasteiger partial charge < -0.3 is 14.5 Å². The topological polar surface area (TPSA) is 105 Å². The smallest absolute Gasteiger partial charge is 0.383 e. The molecule has 0 aliphatic carbocycles. The van der Waals surface area contributed by atoms with Crippen molar-refractivity contribution in [2.45, 2.75) is 18.9 Å². The summed E-state index contributed by atoms with van der Waals surface area (Å²) < 4.78 is 4.62. The molecule has 1 heterocycles. The summed E-state index contributed by atoms with van der Waals surface area (Å²) >= 11 is 6.02. The lowest BCUT2D eigenvalue weighted by molar-refractivity contribution is -0.108. The number of rotatable bonds is 7. The number of aldehydes is 1. The fraction of sp³-hybridized carbons (Fsp3) is 0.158. The highest BCUT2D eigenvalue weighted by molar-refractivity contribution is 6.30. The second-order valence-corrected chi connectivity index (χ2v) is 6.34. The number of aromatic amines is 1. The number of hydrogen-bond acceptors (Lipinski definition) is 5. The molecule has 1 atom stereocenters. The summed E-state index contributed by atoms with van der Waals surface area (Å²) in [5.41, 5.74) is 2.95. The Hall–Kier alpha value is -3.19. The molecular weight excluding hydrogens is 370 g/mol. The highest BCUT2D eigenvalue weighted by Gasteiger charge is 2.18. The lowest BCUT2D eigenvalue weighted by Gasteiger charge is -2.15. The third-order valence-electron chi connectivity index (χ3n) is 3.94. The second-order valence-electron chi connectivity index (χ2n) is 5.90. The first-order chi connectivity index (χ1) is 13.0. The predicted octanol–water partition coefficient (Wildman–Crippen LogP) is 2.61. The summed E-state index contributed by atoms with van der Waals surface area (Å²) in [7, 11) is 0. The molecule has 0 spiro atoms. The van der Waals surface area contributed by atoms with E-state index in [2.05, 4.69) is 14.8 Å². The summed E-state index contributed by atoms with van der Waals surface area (Å²) in [4.78, 5) is 33.9. The fourth-order valence-electron chi connectivity index (χ4n) is 2.67. The van der Waals surface area contributed by atoms with Crippen molar-refractivity contribution in [1.29, 1.82) is 0 Å². The zero-order chi connectivity index (χ0) is 19.2. The zero-order valence-electron chi connectivity index (χ0n) is 14.1. The number of carbonyl (C=O) groups is 2. The Labute approximate surface area is 159 Å². The predicted molar refractivity (Wildman–Crippen MR) is 99.7 cm³/mol. The minimum absolute atomic E-state index is 0.121. The molecule has 0 aliphatic rings. The maximum Gasteiger partial charge on any atom is 0.434 e. The maximum atomic E-state index is 12.0. The van der Waals surface area contributed by atoms with Crippen LogP contribution in [0.2, 0.25) is 5.02 Å². The van der Waals surface area contributed by atoms with Gasteiger partial charge in [-0.1, -0.05) is 48.0 Å². The number of carbonyl (C=O) groups excluding carboxylic acids is 2. The number of benzene rings is 2. The Balaban J connectivity index is 1.69. The summed E-state index contributed by atoms with van der Waals surface area (Å²) in [6, 6.07) is 14.8. The molecule has 2 aromatic carbocycles. The largest absolute Gasteiger partial charge is 0.434 e. The second kappa shape index (κ2) is 8.46. The van der Waals surface area contributed by atoms with Crippen molar-refractivity contribution in [2.24, 2.45) is 0 Å². The number of H-pyrrole nitrogens is 1. The minimum atomic E-state index is -0.816. The molecule has 0 saturated heterocycles. The summed E-state index contributed by atoms with van der Waals surface area (Å²) in [6.07, 6.45) is 1.29. The summed E-state index contributed by atoms with van der Waals surface area (Å²) in [6.45, 7) is 0. The Kier molecular flexibility index (Phi) is 5.83. The van der Waals surface area contributed by atoms with E-state index in [-0.39, 0.29) is 12.3 Å². The van der Waals surface area contributed by atoms with Gasteiger partial charge in [0.15, 0.2) is 0 Å². The average molecular weight is 386 g/mol. The monoisotopic (exact) mass is 385 g/mol. The molecule has 1 aromatic heterocycles. The van der Waals surface area contributed by atoms with Crippen molar-refractivity contribution in [2.75, 3.05) is 0 Å². The van der Waals surface area contributed by atoms with Crippen LogP contribution in [0.5, 0.6) is 0 Å². The Bertz CT molecular complexity index is 994. The molecule has 8 heteroatoms. The molecule has 3 rings (SSSR count). The van der Waals surface area contributed by atoms with E-state index in [4.69, 9.17) is 11.6 Å². The van der Waals surface area contributed by atoms with E-state index in [0.29, 0.717) is 11.4 Å².